The van der Waals surface area contributed by atoms with Crippen LogP contribution < -0.4 is 11.1 Å². The Labute approximate surface area is 110 Å². The number of halogens is 1. The lowest BCUT2D eigenvalue weighted by Gasteiger charge is -2.22. The van der Waals surface area contributed by atoms with Gasteiger partial charge in [-0.2, -0.15) is 4.98 Å². The zero-order chi connectivity index (χ0) is 13.0. The normalized spacial score (nSPS) is 16.5. The van der Waals surface area contributed by atoms with Gasteiger partial charge in [-0.15, -0.1) is 0 Å². The summed E-state index contributed by atoms with van der Waals surface area (Å²) in [7, 11) is 0. The second-order valence-corrected chi connectivity index (χ2v) is 4.54. The molecule has 0 aliphatic carbocycles. The van der Waals surface area contributed by atoms with E-state index in [2.05, 4.69) is 15.3 Å². The lowest BCUT2D eigenvalue weighted by Crippen LogP contribution is -2.24. The highest BCUT2D eigenvalue weighted by Gasteiger charge is 2.16. The average Bonchev–Trinajstić information content (AvgIpc) is 2.37. The molecule has 0 aromatic carbocycles. The third kappa shape index (κ3) is 3.30. The number of anilines is 1. The van der Waals surface area contributed by atoms with Crippen molar-refractivity contribution < 1.29 is 9.53 Å². The van der Waals surface area contributed by atoms with E-state index in [1.54, 1.807) is 0 Å². The smallest absolute Gasteiger partial charge is 0.254 e. The summed E-state index contributed by atoms with van der Waals surface area (Å²) < 4.78 is 5.28. The molecule has 2 heterocycles. The number of nitrogens with one attached hydrogen (secondary N) is 1. The topological polar surface area (TPSA) is 90.1 Å². The zero-order valence-electron chi connectivity index (χ0n) is 9.86. The van der Waals surface area contributed by atoms with Crippen molar-refractivity contribution in [1.82, 2.24) is 9.97 Å². The minimum absolute atomic E-state index is 0.0921. The van der Waals surface area contributed by atoms with E-state index in [4.69, 9.17) is 22.1 Å². The molecule has 7 heteroatoms. The zero-order valence-corrected chi connectivity index (χ0v) is 10.6. The highest BCUT2D eigenvalue weighted by molar-refractivity contribution is 6.28. The number of hydrogen-bond donors (Lipinski definition) is 2. The minimum Gasteiger partial charge on any atom is -0.381 e. The first-order chi connectivity index (χ1) is 8.66. The van der Waals surface area contributed by atoms with Gasteiger partial charge in [-0.05, 0) is 30.4 Å². The van der Waals surface area contributed by atoms with Crippen LogP contribution in [0.3, 0.4) is 0 Å². The summed E-state index contributed by atoms with van der Waals surface area (Å²) in [6.45, 7) is 2.27. The Kier molecular flexibility index (Phi) is 4.33. The number of ether oxygens (including phenoxy) is 1. The fourth-order valence-corrected chi connectivity index (χ4v) is 2.00. The number of carbonyl (C=O) groups excluding carboxylic acids is 1. The Bertz CT molecular complexity index is 435. The molecule has 0 bridgehead atoms. The molecule has 6 nitrogen and oxygen atoms in total. The monoisotopic (exact) mass is 270 g/mol. The van der Waals surface area contributed by atoms with Gasteiger partial charge in [0.05, 0.1) is 5.56 Å². The largest absolute Gasteiger partial charge is 0.381 e. The van der Waals surface area contributed by atoms with Gasteiger partial charge in [0.15, 0.2) is 0 Å². The van der Waals surface area contributed by atoms with E-state index in [9.17, 15) is 4.79 Å². The van der Waals surface area contributed by atoms with Crippen LogP contribution >= 0.6 is 11.6 Å². The van der Waals surface area contributed by atoms with Gasteiger partial charge in [-0.25, -0.2) is 4.98 Å². The molecule has 1 fully saturated rings. The lowest BCUT2D eigenvalue weighted by atomic mass is 10.0. The highest BCUT2D eigenvalue weighted by Crippen LogP contribution is 2.18. The van der Waals surface area contributed by atoms with Gasteiger partial charge in [0.25, 0.3) is 5.91 Å². The van der Waals surface area contributed by atoms with E-state index in [0.29, 0.717) is 11.7 Å². The maximum Gasteiger partial charge on any atom is 0.254 e. The van der Waals surface area contributed by atoms with Crippen molar-refractivity contribution in [3.63, 3.8) is 0 Å². The van der Waals surface area contributed by atoms with Crippen molar-refractivity contribution >= 4 is 23.3 Å². The van der Waals surface area contributed by atoms with Gasteiger partial charge in [0, 0.05) is 26.0 Å². The number of nitrogens with two attached hydrogens (primary N) is 1. The van der Waals surface area contributed by atoms with Crippen molar-refractivity contribution in [2.45, 2.75) is 12.8 Å². The van der Waals surface area contributed by atoms with E-state index in [-0.39, 0.29) is 10.8 Å². The van der Waals surface area contributed by atoms with Gasteiger partial charge in [-0.1, -0.05) is 0 Å². The van der Waals surface area contributed by atoms with Gasteiger partial charge >= 0.3 is 0 Å². The standard InChI is InChI=1S/C11H15ClN4O2/c12-11-15-6-8(9(13)17)10(16-11)14-5-7-1-3-18-4-2-7/h6-7H,1-5H2,(H2,13,17)(H,14,15,16). The number of rotatable bonds is 4. The number of nitrogens with zero attached hydrogens (tertiary/aromatic N) is 2. The second kappa shape index (κ2) is 5.97. The Morgan fingerprint density at radius 1 is 1.56 bits per heavy atom. The Balaban J connectivity index is 2.03. The van der Waals surface area contributed by atoms with Gasteiger partial charge < -0.3 is 15.8 Å². The fraction of sp³-hybridized carbons (Fsp3) is 0.545. The van der Waals surface area contributed by atoms with E-state index < -0.39 is 5.91 Å². The summed E-state index contributed by atoms with van der Waals surface area (Å²) in [4.78, 5) is 19.0. The molecule has 1 aromatic rings. The minimum atomic E-state index is -0.568. The molecule has 0 atom stereocenters. The first-order valence-corrected chi connectivity index (χ1v) is 6.18. The summed E-state index contributed by atoms with van der Waals surface area (Å²) in [5, 5.41) is 3.21. The van der Waals surface area contributed by atoms with Crippen LogP contribution in [0.1, 0.15) is 23.2 Å². The first-order valence-electron chi connectivity index (χ1n) is 5.81. The van der Waals surface area contributed by atoms with Crippen molar-refractivity contribution in [1.29, 1.82) is 0 Å². The van der Waals surface area contributed by atoms with Crippen LogP contribution in [0.4, 0.5) is 5.82 Å². The SMILES string of the molecule is NC(=O)c1cnc(Cl)nc1NCC1CCOCC1. The number of aromatic nitrogens is 2. The Morgan fingerprint density at radius 2 is 2.28 bits per heavy atom. The molecular weight excluding hydrogens is 256 g/mol. The van der Waals surface area contributed by atoms with E-state index in [1.165, 1.54) is 6.20 Å². The van der Waals surface area contributed by atoms with E-state index >= 15 is 0 Å². The molecule has 2 rings (SSSR count). The molecule has 0 unspecified atom stereocenters. The average molecular weight is 271 g/mol. The van der Waals surface area contributed by atoms with Crippen LogP contribution in [0.15, 0.2) is 6.20 Å². The van der Waals surface area contributed by atoms with E-state index in [1.807, 2.05) is 0 Å². The molecule has 18 heavy (non-hydrogen) atoms. The third-order valence-corrected chi connectivity index (χ3v) is 3.11. The predicted molar refractivity (Wildman–Crippen MR) is 67.6 cm³/mol. The highest BCUT2D eigenvalue weighted by atomic mass is 35.5. The lowest BCUT2D eigenvalue weighted by molar-refractivity contribution is 0.0699. The predicted octanol–water partition coefficient (Wildman–Crippen LogP) is 1.07. The van der Waals surface area contributed by atoms with Gasteiger partial charge in [0.1, 0.15) is 5.82 Å². The van der Waals surface area contributed by atoms with Gasteiger partial charge in [0.2, 0.25) is 5.28 Å². The van der Waals surface area contributed by atoms with Crippen LogP contribution in [0.5, 0.6) is 0 Å². The number of carbonyl (C=O) groups is 1. The van der Waals surface area contributed by atoms with Crippen molar-refractivity contribution in [3.05, 3.63) is 17.0 Å². The summed E-state index contributed by atoms with van der Waals surface area (Å²) >= 11 is 5.71. The number of hydrogen-bond acceptors (Lipinski definition) is 5. The summed E-state index contributed by atoms with van der Waals surface area (Å²) in [5.41, 5.74) is 5.51. The molecule has 0 spiro atoms. The van der Waals surface area contributed by atoms with Crippen LogP contribution in [0.2, 0.25) is 5.28 Å². The van der Waals surface area contributed by atoms with Crippen molar-refractivity contribution in [3.8, 4) is 0 Å². The summed E-state index contributed by atoms with van der Waals surface area (Å²) in [5.74, 6) is 0.336. The second-order valence-electron chi connectivity index (χ2n) is 4.20. The molecular formula is C11H15ClN4O2. The fourth-order valence-electron chi connectivity index (χ4n) is 1.87. The Hall–Kier alpha value is -1.40. The molecule has 3 N–H and O–H groups in total. The molecule has 1 aliphatic heterocycles. The molecule has 1 aromatic heterocycles. The molecule has 1 saturated heterocycles. The van der Waals surface area contributed by atoms with Crippen LogP contribution in [-0.4, -0.2) is 35.6 Å². The third-order valence-electron chi connectivity index (χ3n) is 2.92. The molecule has 0 radical (unpaired) electrons. The Morgan fingerprint density at radius 3 is 2.94 bits per heavy atom. The van der Waals surface area contributed by atoms with Crippen molar-refractivity contribution in [2.75, 3.05) is 25.1 Å². The first kappa shape index (κ1) is 13.0. The quantitative estimate of drug-likeness (QED) is 0.799. The number of amides is 1. The molecule has 1 aliphatic rings. The molecule has 98 valence electrons. The summed E-state index contributed by atoms with van der Waals surface area (Å²) in [6, 6.07) is 0. The van der Waals surface area contributed by atoms with Crippen LogP contribution in [-0.2, 0) is 4.74 Å². The van der Waals surface area contributed by atoms with Gasteiger partial charge in [-0.3, -0.25) is 4.79 Å². The number of primary amides is 1. The maximum absolute atomic E-state index is 11.2. The van der Waals surface area contributed by atoms with Crippen LogP contribution in [0, 0.1) is 5.92 Å². The molecule has 1 amide bonds. The summed E-state index contributed by atoms with van der Waals surface area (Å²) in [6.07, 6.45) is 3.33. The van der Waals surface area contributed by atoms with Crippen LogP contribution in [0.25, 0.3) is 0 Å². The molecule has 0 saturated carbocycles. The van der Waals surface area contributed by atoms with Crippen molar-refractivity contribution in [2.24, 2.45) is 11.7 Å². The maximum atomic E-state index is 11.2. The van der Waals surface area contributed by atoms with E-state index in [0.717, 1.165) is 32.6 Å².